The molecule has 1 unspecified atom stereocenters. The lowest BCUT2D eigenvalue weighted by Gasteiger charge is -2.27. The summed E-state index contributed by atoms with van der Waals surface area (Å²) in [4.78, 5) is 47.9. The van der Waals surface area contributed by atoms with Crippen LogP contribution in [0.15, 0.2) is 24.4 Å². The average molecular weight is 623 g/mol. The standard InChI is InChI=1S/C29H32ClFN10O3/c1-13-21-24(41(8)39-13)22(34-15(3)33-21)16-9-19(35-25-18(31)11-17(30)12-32-25)23-20(10-16)36-27(37-23)38-26(42)14(2)40(7)28(43)44-29(4,5)6/h9-12,14H,1-8H3,(H,32,35)(H2,36,37,38,42). The number of rotatable bonds is 6. The minimum Gasteiger partial charge on any atom is -0.444 e. The van der Waals surface area contributed by atoms with Gasteiger partial charge in [-0.05, 0) is 59.7 Å². The van der Waals surface area contributed by atoms with Crippen LogP contribution in [0.2, 0.25) is 5.02 Å². The summed E-state index contributed by atoms with van der Waals surface area (Å²) in [7, 11) is 3.28. The highest BCUT2D eigenvalue weighted by Crippen LogP contribution is 2.35. The molecule has 2 amide bonds. The van der Waals surface area contributed by atoms with Crippen molar-refractivity contribution in [3.63, 3.8) is 0 Å². The number of aromatic amines is 1. The Morgan fingerprint density at radius 1 is 1.16 bits per heavy atom. The third-order valence-corrected chi connectivity index (χ3v) is 6.98. The number of anilines is 3. The molecular weight excluding hydrogens is 591 g/mol. The first kappa shape index (κ1) is 30.6. The largest absolute Gasteiger partial charge is 0.444 e. The molecule has 0 spiro atoms. The molecule has 3 N–H and O–H groups in total. The maximum absolute atomic E-state index is 14.8. The summed E-state index contributed by atoms with van der Waals surface area (Å²) in [6.07, 6.45) is 0.681. The summed E-state index contributed by atoms with van der Waals surface area (Å²) in [6, 6.07) is 3.82. The Balaban J connectivity index is 1.57. The van der Waals surface area contributed by atoms with Gasteiger partial charge in [0.05, 0.1) is 27.4 Å². The minimum absolute atomic E-state index is 0.0685. The second-order valence-corrected chi connectivity index (χ2v) is 11.8. The number of carbonyl (C=O) groups is 2. The van der Waals surface area contributed by atoms with E-state index >= 15 is 0 Å². The second-order valence-electron chi connectivity index (χ2n) is 11.4. The van der Waals surface area contributed by atoms with Crippen LogP contribution in [-0.2, 0) is 16.6 Å². The summed E-state index contributed by atoms with van der Waals surface area (Å²) in [6.45, 7) is 10.5. The number of hydrogen-bond donors (Lipinski definition) is 3. The summed E-state index contributed by atoms with van der Waals surface area (Å²) in [5.41, 5.74) is 3.95. The van der Waals surface area contributed by atoms with Crippen LogP contribution in [-0.4, -0.2) is 70.3 Å². The normalized spacial score (nSPS) is 12.4. The molecular formula is C29H32ClFN10O3. The first-order valence-electron chi connectivity index (χ1n) is 13.7. The van der Waals surface area contributed by atoms with E-state index in [9.17, 15) is 14.0 Å². The van der Waals surface area contributed by atoms with E-state index in [1.165, 1.54) is 18.1 Å². The van der Waals surface area contributed by atoms with Crippen LogP contribution in [0.1, 0.15) is 39.2 Å². The lowest BCUT2D eigenvalue weighted by molar-refractivity contribution is -0.120. The van der Waals surface area contributed by atoms with Crippen molar-refractivity contribution >= 4 is 63.1 Å². The number of halogens is 2. The lowest BCUT2D eigenvalue weighted by atomic mass is 10.1. The quantitative estimate of drug-likeness (QED) is 0.218. The molecule has 13 nitrogen and oxygen atoms in total. The SMILES string of the molecule is Cc1nc(-c2cc(Nc3ncc(Cl)cc3F)c3[nH]c(NC(=O)C(C)N(C)C(=O)OC(C)(C)C)nc3c2)c2c(n1)c(C)nn2C. The lowest BCUT2D eigenvalue weighted by Crippen LogP contribution is -2.45. The van der Waals surface area contributed by atoms with Crippen molar-refractivity contribution in [2.75, 3.05) is 17.7 Å². The summed E-state index contributed by atoms with van der Waals surface area (Å²) >= 11 is 5.92. The van der Waals surface area contributed by atoms with E-state index in [0.717, 1.165) is 11.8 Å². The number of H-pyrrole nitrogens is 1. The highest BCUT2D eigenvalue weighted by atomic mass is 35.5. The summed E-state index contributed by atoms with van der Waals surface area (Å²) < 4.78 is 21.9. The first-order valence-corrected chi connectivity index (χ1v) is 14.1. The Hall–Kier alpha value is -4.85. The molecule has 0 bridgehead atoms. The van der Waals surface area contributed by atoms with Gasteiger partial charge in [-0.25, -0.2) is 29.1 Å². The van der Waals surface area contributed by atoms with Gasteiger partial charge in [-0.3, -0.25) is 19.7 Å². The number of amides is 2. The van der Waals surface area contributed by atoms with Gasteiger partial charge in [-0.2, -0.15) is 5.10 Å². The molecule has 4 aromatic heterocycles. The first-order chi connectivity index (χ1) is 20.6. The minimum atomic E-state index is -0.885. The van der Waals surface area contributed by atoms with Crippen LogP contribution in [0.3, 0.4) is 0 Å². The van der Waals surface area contributed by atoms with Crippen molar-refractivity contribution < 1.29 is 18.7 Å². The number of pyridine rings is 1. The Morgan fingerprint density at radius 2 is 1.89 bits per heavy atom. The van der Waals surface area contributed by atoms with Gasteiger partial charge in [0.25, 0.3) is 0 Å². The van der Waals surface area contributed by atoms with Gasteiger partial charge in [0, 0.05) is 25.9 Å². The highest BCUT2D eigenvalue weighted by molar-refractivity contribution is 6.30. The topological polar surface area (TPSA) is 156 Å². The Kier molecular flexibility index (Phi) is 7.88. The molecule has 0 radical (unpaired) electrons. The van der Waals surface area contributed by atoms with Crippen molar-refractivity contribution in [2.45, 2.75) is 53.2 Å². The molecule has 15 heteroatoms. The zero-order chi connectivity index (χ0) is 32.1. The number of benzene rings is 1. The summed E-state index contributed by atoms with van der Waals surface area (Å²) in [5.74, 6) is -0.580. The number of fused-ring (bicyclic) bond motifs is 2. The van der Waals surface area contributed by atoms with E-state index in [2.05, 4.69) is 35.7 Å². The van der Waals surface area contributed by atoms with E-state index in [-0.39, 0.29) is 16.8 Å². The van der Waals surface area contributed by atoms with Crippen molar-refractivity contribution in [1.29, 1.82) is 0 Å². The second kappa shape index (κ2) is 11.3. The van der Waals surface area contributed by atoms with Crippen LogP contribution < -0.4 is 10.6 Å². The van der Waals surface area contributed by atoms with Crippen LogP contribution in [0.4, 0.5) is 26.6 Å². The number of aryl methyl sites for hydroxylation is 3. The van der Waals surface area contributed by atoms with Crippen molar-refractivity contribution in [2.24, 2.45) is 7.05 Å². The zero-order valence-electron chi connectivity index (χ0n) is 25.5. The number of hydrogen-bond acceptors (Lipinski definition) is 9. The van der Waals surface area contributed by atoms with Gasteiger partial charge in [0.1, 0.15) is 34.2 Å². The molecule has 0 saturated heterocycles. The third-order valence-electron chi connectivity index (χ3n) is 6.77. The van der Waals surface area contributed by atoms with E-state index < -0.39 is 29.5 Å². The molecule has 0 fully saturated rings. The third kappa shape index (κ3) is 6.11. The molecule has 44 heavy (non-hydrogen) atoms. The molecule has 5 rings (SSSR count). The van der Waals surface area contributed by atoms with Gasteiger partial charge in [0.2, 0.25) is 11.9 Å². The molecule has 1 aromatic carbocycles. The van der Waals surface area contributed by atoms with Gasteiger partial charge >= 0.3 is 6.09 Å². The molecule has 0 aliphatic heterocycles. The van der Waals surface area contributed by atoms with Gasteiger partial charge < -0.3 is 15.0 Å². The number of likely N-dealkylation sites (N-methyl/N-ethyl adjacent to an activating group) is 1. The number of ether oxygens (including phenoxy) is 1. The molecule has 0 aliphatic rings. The van der Waals surface area contributed by atoms with E-state index in [1.54, 1.807) is 58.5 Å². The molecule has 5 aromatic rings. The van der Waals surface area contributed by atoms with Crippen LogP contribution in [0, 0.1) is 19.7 Å². The molecule has 1 atom stereocenters. The van der Waals surface area contributed by atoms with E-state index in [0.29, 0.717) is 44.8 Å². The van der Waals surface area contributed by atoms with Crippen molar-refractivity contribution in [3.8, 4) is 11.3 Å². The zero-order valence-corrected chi connectivity index (χ0v) is 26.3. The summed E-state index contributed by atoms with van der Waals surface area (Å²) in [5, 5.41) is 10.4. The van der Waals surface area contributed by atoms with E-state index in [4.69, 9.17) is 21.3 Å². The fourth-order valence-electron chi connectivity index (χ4n) is 4.58. The van der Waals surface area contributed by atoms with Crippen LogP contribution in [0.25, 0.3) is 33.3 Å². The molecule has 0 saturated carbocycles. The Labute approximate surface area is 257 Å². The molecule has 4 heterocycles. The maximum atomic E-state index is 14.8. The number of aromatic nitrogens is 7. The Morgan fingerprint density at radius 3 is 2.57 bits per heavy atom. The number of imidazole rings is 1. The van der Waals surface area contributed by atoms with Gasteiger partial charge in [-0.1, -0.05) is 11.6 Å². The number of nitrogens with zero attached hydrogens (tertiary/aromatic N) is 7. The van der Waals surface area contributed by atoms with Gasteiger partial charge in [-0.15, -0.1) is 0 Å². The fraction of sp³-hybridized carbons (Fsp3) is 0.345. The predicted molar refractivity (Wildman–Crippen MR) is 165 cm³/mol. The van der Waals surface area contributed by atoms with Crippen molar-refractivity contribution in [1.82, 2.24) is 39.6 Å². The molecule has 230 valence electrons. The molecule has 0 aliphatic carbocycles. The maximum Gasteiger partial charge on any atom is 0.410 e. The number of carbonyl (C=O) groups excluding carboxylic acids is 2. The monoisotopic (exact) mass is 622 g/mol. The van der Waals surface area contributed by atoms with E-state index in [1.807, 2.05) is 6.92 Å². The van der Waals surface area contributed by atoms with Crippen LogP contribution >= 0.6 is 11.6 Å². The van der Waals surface area contributed by atoms with Gasteiger partial charge in [0.15, 0.2) is 11.6 Å². The fourth-order valence-corrected chi connectivity index (χ4v) is 4.72. The predicted octanol–water partition coefficient (Wildman–Crippen LogP) is 5.65. The Bertz CT molecular complexity index is 1930. The smallest absolute Gasteiger partial charge is 0.410 e. The highest BCUT2D eigenvalue weighted by Gasteiger charge is 2.28. The average Bonchev–Trinajstić information content (AvgIpc) is 3.46. The van der Waals surface area contributed by atoms with Crippen molar-refractivity contribution in [3.05, 3.63) is 46.8 Å². The van der Waals surface area contributed by atoms with Crippen LogP contribution in [0.5, 0.6) is 0 Å². The number of nitrogens with one attached hydrogen (secondary N) is 3.